The van der Waals surface area contributed by atoms with Crippen LogP contribution >= 0.6 is 0 Å². The van der Waals surface area contributed by atoms with E-state index in [0.717, 1.165) is 0 Å². The zero-order valence-corrected chi connectivity index (χ0v) is 15.4. The Balaban J connectivity index is 2.08. The van der Waals surface area contributed by atoms with E-state index >= 15 is 0 Å². The van der Waals surface area contributed by atoms with Gasteiger partial charge < -0.3 is 20.4 Å². The smallest absolute Gasteiger partial charge is 0.190 e. The van der Waals surface area contributed by atoms with E-state index in [0.29, 0.717) is 12.0 Å². The van der Waals surface area contributed by atoms with Crippen LogP contribution in [0, 0.1) is 29.1 Å². The zero-order valence-electron chi connectivity index (χ0n) is 15.4. The number of allylic oxidation sites excluding steroid dienone is 1. The molecule has 140 valence electrons. The van der Waals surface area contributed by atoms with Gasteiger partial charge in [-0.3, -0.25) is 4.79 Å². The molecule has 3 aliphatic carbocycles. The third-order valence-electron chi connectivity index (χ3n) is 7.08. The van der Waals surface area contributed by atoms with E-state index in [9.17, 15) is 25.2 Å². The van der Waals surface area contributed by atoms with Crippen LogP contribution in [-0.2, 0) is 4.79 Å². The Morgan fingerprint density at radius 1 is 1.24 bits per heavy atom. The van der Waals surface area contributed by atoms with Gasteiger partial charge in [-0.2, -0.15) is 0 Å². The molecule has 5 heteroatoms. The first-order valence-corrected chi connectivity index (χ1v) is 9.11. The lowest BCUT2D eigenvalue weighted by atomic mass is 9.77. The number of fused-ring (bicyclic) bond motifs is 2. The molecule has 0 aromatic rings. The van der Waals surface area contributed by atoms with E-state index in [1.807, 2.05) is 6.08 Å². The number of aliphatic hydroxyl groups excluding tert-OH is 3. The SMILES string of the molecule is C=C1[C@@H](O)C[C@@H]2[C@H](/C=C(\C)C(=O)[C@]3(O)C[C@@H](C)[C@@H](O)[C@H]3[C@H]1O)C2(C)C. The molecule has 3 aliphatic rings. The van der Waals surface area contributed by atoms with Crippen molar-refractivity contribution in [2.45, 2.75) is 64.4 Å². The van der Waals surface area contributed by atoms with Crippen LogP contribution < -0.4 is 0 Å². The first kappa shape index (κ1) is 18.8. The fourth-order valence-electron chi connectivity index (χ4n) is 5.15. The van der Waals surface area contributed by atoms with Crippen molar-refractivity contribution in [1.82, 2.24) is 0 Å². The molecule has 0 saturated heterocycles. The fourth-order valence-corrected chi connectivity index (χ4v) is 5.15. The van der Waals surface area contributed by atoms with Crippen molar-refractivity contribution < 1.29 is 25.2 Å². The van der Waals surface area contributed by atoms with Gasteiger partial charge in [-0.1, -0.05) is 33.4 Å². The molecule has 8 atom stereocenters. The van der Waals surface area contributed by atoms with Gasteiger partial charge in [-0.05, 0) is 54.1 Å². The minimum absolute atomic E-state index is 0.0442. The van der Waals surface area contributed by atoms with Crippen molar-refractivity contribution in [3.05, 3.63) is 23.8 Å². The second-order valence-electron chi connectivity index (χ2n) is 9.03. The highest BCUT2D eigenvalue weighted by Crippen LogP contribution is 2.62. The number of carbonyl (C=O) groups is 1. The lowest BCUT2D eigenvalue weighted by molar-refractivity contribution is -0.144. The van der Waals surface area contributed by atoms with E-state index in [1.54, 1.807) is 13.8 Å². The highest BCUT2D eigenvalue weighted by Gasteiger charge is 2.61. The molecule has 0 bridgehead atoms. The zero-order chi connectivity index (χ0) is 18.9. The second kappa shape index (κ2) is 5.74. The predicted octanol–water partition coefficient (Wildman–Crippen LogP) is 1.20. The minimum Gasteiger partial charge on any atom is -0.392 e. The van der Waals surface area contributed by atoms with Crippen LogP contribution in [0.5, 0.6) is 0 Å². The maximum atomic E-state index is 13.0. The van der Waals surface area contributed by atoms with E-state index in [2.05, 4.69) is 20.4 Å². The number of hydrogen-bond donors (Lipinski definition) is 4. The normalized spacial score (nSPS) is 51.8. The predicted molar refractivity (Wildman–Crippen MR) is 93.5 cm³/mol. The molecule has 0 aromatic carbocycles. The standard InChI is InChI=1S/C20H30O5/c1-9-6-12-13(19(12,4)5)7-14(21)11(3)17(23)15-16(22)10(2)8-20(15,25)18(9)24/h6,10,12-17,21-23,25H,3,7-8H2,1-2,4-5H3/b9-6+/t10-,12+,13-,14+,15+,16-,17+,20+/m1/s1. The third kappa shape index (κ3) is 2.64. The van der Waals surface area contributed by atoms with Crippen LogP contribution in [0.3, 0.4) is 0 Å². The molecule has 0 aromatic heterocycles. The van der Waals surface area contributed by atoms with Crippen molar-refractivity contribution in [3.63, 3.8) is 0 Å². The molecule has 25 heavy (non-hydrogen) atoms. The van der Waals surface area contributed by atoms with Crippen LogP contribution in [0.25, 0.3) is 0 Å². The summed E-state index contributed by atoms with van der Waals surface area (Å²) in [5, 5.41) is 43.0. The van der Waals surface area contributed by atoms with Crippen molar-refractivity contribution in [3.8, 4) is 0 Å². The molecule has 0 unspecified atom stereocenters. The summed E-state index contributed by atoms with van der Waals surface area (Å²) in [6.07, 6.45) is -0.880. The van der Waals surface area contributed by atoms with Crippen LogP contribution in [0.2, 0.25) is 0 Å². The van der Waals surface area contributed by atoms with E-state index in [4.69, 9.17) is 0 Å². The van der Waals surface area contributed by atoms with Crippen molar-refractivity contribution >= 4 is 5.78 Å². The topological polar surface area (TPSA) is 98.0 Å². The van der Waals surface area contributed by atoms with E-state index in [1.165, 1.54) is 0 Å². The number of aliphatic hydroxyl groups is 4. The molecule has 3 rings (SSSR count). The Hall–Kier alpha value is -1.01. The monoisotopic (exact) mass is 350 g/mol. The van der Waals surface area contributed by atoms with Gasteiger partial charge in [0.25, 0.3) is 0 Å². The Labute approximate surface area is 149 Å². The van der Waals surface area contributed by atoms with Crippen LogP contribution in [-0.4, -0.2) is 50.1 Å². The van der Waals surface area contributed by atoms with Crippen molar-refractivity contribution in [1.29, 1.82) is 0 Å². The third-order valence-corrected chi connectivity index (χ3v) is 7.08. The van der Waals surface area contributed by atoms with Crippen LogP contribution in [0.4, 0.5) is 0 Å². The molecule has 4 N–H and O–H groups in total. The summed E-state index contributed by atoms with van der Waals surface area (Å²) >= 11 is 0. The van der Waals surface area contributed by atoms with Crippen molar-refractivity contribution in [2.75, 3.05) is 0 Å². The minimum atomic E-state index is -1.85. The molecule has 5 nitrogen and oxygen atoms in total. The average molecular weight is 350 g/mol. The average Bonchev–Trinajstić information content (AvgIpc) is 2.92. The summed E-state index contributed by atoms with van der Waals surface area (Å²) in [6, 6.07) is 0. The van der Waals surface area contributed by atoms with Gasteiger partial charge in [-0.25, -0.2) is 0 Å². The van der Waals surface area contributed by atoms with Gasteiger partial charge >= 0.3 is 0 Å². The lowest BCUT2D eigenvalue weighted by Gasteiger charge is -2.35. The Bertz CT molecular complexity index is 636. The summed E-state index contributed by atoms with van der Waals surface area (Å²) in [6.45, 7) is 11.4. The largest absolute Gasteiger partial charge is 0.392 e. The molecular formula is C20H30O5. The summed E-state index contributed by atoms with van der Waals surface area (Å²) in [5.74, 6) is -1.53. The number of carbonyl (C=O) groups excluding carboxylic acids is 1. The van der Waals surface area contributed by atoms with Gasteiger partial charge in [0.05, 0.1) is 24.2 Å². The van der Waals surface area contributed by atoms with Gasteiger partial charge in [0, 0.05) is 0 Å². The number of hydrogen-bond acceptors (Lipinski definition) is 5. The van der Waals surface area contributed by atoms with E-state index in [-0.39, 0.29) is 35.2 Å². The summed E-state index contributed by atoms with van der Waals surface area (Å²) in [4.78, 5) is 13.0. The molecule has 0 amide bonds. The van der Waals surface area contributed by atoms with Gasteiger partial charge in [0.2, 0.25) is 0 Å². The quantitative estimate of drug-likeness (QED) is 0.492. The first-order chi connectivity index (χ1) is 11.4. The summed E-state index contributed by atoms with van der Waals surface area (Å²) in [5.41, 5.74) is -1.26. The molecule has 0 heterocycles. The lowest BCUT2D eigenvalue weighted by Crippen LogP contribution is -2.51. The molecular weight excluding hydrogens is 320 g/mol. The molecule has 0 aliphatic heterocycles. The van der Waals surface area contributed by atoms with Crippen LogP contribution in [0.1, 0.15) is 40.5 Å². The van der Waals surface area contributed by atoms with Gasteiger partial charge in [-0.15, -0.1) is 0 Å². The Morgan fingerprint density at radius 2 is 1.84 bits per heavy atom. The maximum absolute atomic E-state index is 13.0. The molecule has 0 spiro atoms. The highest BCUT2D eigenvalue weighted by atomic mass is 16.3. The fraction of sp³-hybridized carbons (Fsp3) is 0.750. The Morgan fingerprint density at radius 3 is 2.44 bits per heavy atom. The summed E-state index contributed by atoms with van der Waals surface area (Å²) < 4.78 is 0. The number of Topliss-reactive ketones (excluding diaryl/α,β-unsaturated/α-hetero) is 1. The second-order valence-corrected chi connectivity index (χ2v) is 9.03. The Kier molecular flexibility index (Phi) is 4.31. The molecule has 0 radical (unpaired) electrons. The van der Waals surface area contributed by atoms with Gasteiger partial charge in [0.1, 0.15) is 5.60 Å². The maximum Gasteiger partial charge on any atom is 0.190 e. The first-order valence-electron chi connectivity index (χ1n) is 9.11. The van der Waals surface area contributed by atoms with Crippen molar-refractivity contribution in [2.24, 2.45) is 29.1 Å². The molecule has 2 fully saturated rings. The molecule has 2 saturated carbocycles. The van der Waals surface area contributed by atoms with E-state index < -0.39 is 35.6 Å². The number of rotatable bonds is 0. The van der Waals surface area contributed by atoms with Gasteiger partial charge in [0.15, 0.2) is 5.78 Å². The summed E-state index contributed by atoms with van der Waals surface area (Å²) in [7, 11) is 0. The highest BCUT2D eigenvalue weighted by molar-refractivity contribution is 6.02. The number of ketones is 1. The van der Waals surface area contributed by atoms with Crippen LogP contribution in [0.15, 0.2) is 23.8 Å².